The number of rotatable bonds is 12. The molecule has 0 bridgehead atoms. The van der Waals surface area contributed by atoms with Crippen LogP contribution < -0.4 is 11.1 Å². The number of aromatic nitrogens is 6. The van der Waals surface area contributed by atoms with Gasteiger partial charge in [-0.1, -0.05) is 43.7 Å². The number of nitrogens with one attached hydrogen (secondary N) is 2. The highest BCUT2D eigenvalue weighted by atomic mass is 79.9. The number of furan rings is 1. The molecule has 0 radical (unpaired) electrons. The Morgan fingerprint density at radius 3 is 2.59 bits per heavy atom. The van der Waals surface area contributed by atoms with E-state index in [0.717, 1.165) is 6.42 Å². The van der Waals surface area contributed by atoms with E-state index in [2.05, 4.69) is 51.6 Å². The number of aromatic amines is 1. The molecule has 3 heterocycles. The van der Waals surface area contributed by atoms with Crippen molar-refractivity contribution in [2.24, 2.45) is 5.73 Å². The maximum atomic E-state index is 13.1. The minimum atomic E-state index is -5.41. The zero-order valence-electron chi connectivity index (χ0n) is 24.2. The molecule has 5 aromatic rings. The number of fused-ring (bicyclic) bond motifs is 1. The van der Waals surface area contributed by atoms with Gasteiger partial charge < -0.3 is 24.8 Å². The summed E-state index contributed by atoms with van der Waals surface area (Å²) in [6.45, 7) is 1.22. The number of tetrazole rings is 1. The Labute approximate surface area is 266 Å². The van der Waals surface area contributed by atoms with E-state index >= 15 is 0 Å². The summed E-state index contributed by atoms with van der Waals surface area (Å²) in [4.78, 5) is 41.0. The number of imidazole rings is 1. The number of H-pyrrole nitrogens is 1. The molecular weight excluding hydrogens is 677 g/mol. The topological polar surface area (TPSA) is 184 Å². The molecule has 4 N–H and O–H groups in total. The van der Waals surface area contributed by atoms with Gasteiger partial charge in [-0.15, -0.1) is 10.2 Å². The maximum Gasteiger partial charge on any atom is 0.491 e. The fraction of sp³-hybridized carbons (Fsp3) is 0.276. The van der Waals surface area contributed by atoms with Crippen molar-refractivity contribution in [1.82, 2.24) is 30.2 Å². The van der Waals surface area contributed by atoms with E-state index in [1.165, 1.54) is 4.57 Å². The summed E-state index contributed by atoms with van der Waals surface area (Å²) in [5, 5.41) is 17.5. The second-order valence-corrected chi connectivity index (χ2v) is 10.8. The Balaban J connectivity index is 1.57. The van der Waals surface area contributed by atoms with Crippen LogP contribution in [0.15, 0.2) is 51.4 Å². The third-order valence-corrected chi connectivity index (χ3v) is 7.67. The first-order chi connectivity index (χ1) is 22.0. The van der Waals surface area contributed by atoms with Gasteiger partial charge in [0.1, 0.15) is 17.2 Å². The second-order valence-electron chi connectivity index (χ2n) is 10.0. The van der Waals surface area contributed by atoms with Crippen LogP contribution in [0, 0.1) is 0 Å². The molecule has 0 saturated heterocycles. The molecule has 0 amide bonds. The van der Waals surface area contributed by atoms with Gasteiger partial charge in [-0.05, 0) is 45.3 Å². The maximum absolute atomic E-state index is 13.1. The number of ketones is 1. The molecule has 17 heteroatoms. The highest BCUT2D eigenvalue weighted by Gasteiger charge is 2.43. The van der Waals surface area contributed by atoms with E-state index in [1.54, 1.807) is 18.2 Å². The Bertz CT molecular complexity index is 1900. The minimum Gasteiger partial charge on any atom is -0.455 e. The highest BCUT2D eigenvalue weighted by Crippen LogP contribution is 2.41. The number of nitrogens with two attached hydrogens (primary N) is 1. The zero-order valence-corrected chi connectivity index (χ0v) is 25.7. The summed E-state index contributed by atoms with van der Waals surface area (Å²) in [6.07, 6.45) is -3.70. The monoisotopic (exact) mass is 702 g/mol. The average Bonchev–Trinajstić information content (AvgIpc) is 3.77. The van der Waals surface area contributed by atoms with Gasteiger partial charge in [0.15, 0.2) is 17.3 Å². The molecule has 3 aromatic heterocycles. The van der Waals surface area contributed by atoms with Crippen molar-refractivity contribution in [1.29, 1.82) is 0 Å². The van der Waals surface area contributed by atoms with E-state index in [-0.39, 0.29) is 25.5 Å². The lowest BCUT2D eigenvalue weighted by Gasteiger charge is -2.13. The van der Waals surface area contributed by atoms with Crippen LogP contribution in [0.5, 0.6) is 0 Å². The molecule has 2 aromatic carbocycles. The van der Waals surface area contributed by atoms with E-state index < -0.39 is 29.6 Å². The number of hydrogen-bond donors (Lipinski definition) is 3. The molecule has 0 spiro atoms. The number of hydrogen-bond acceptors (Lipinski definition) is 11. The molecule has 0 fully saturated rings. The van der Waals surface area contributed by atoms with Crippen molar-refractivity contribution in [3.8, 4) is 22.7 Å². The predicted octanol–water partition coefficient (Wildman–Crippen LogP) is 4.82. The van der Waals surface area contributed by atoms with Crippen LogP contribution in [0.4, 0.5) is 19.0 Å². The Kier molecular flexibility index (Phi) is 9.62. The predicted molar refractivity (Wildman–Crippen MR) is 161 cm³/mol. The lowest BCUT2D eigenvalue weighted by molar-refractivity contribution is -0.193. The fourth-order valence-electron chi connectivity index (χ4n) is 4.69. The van der Waals surface area contributed by atoms with Gasteiger partial charge in [0.2, 0.25) is 5.82 Å². The van der Waals surface area contributed by atoms with Gasteiger partial charge in [-0.25, -0.2) is 14.6 Å². The molecule has 0 atom stereocenters. The number of alkyl halides is 3. The molecule has 46 heavy (non-hydrogen) atoms. The summed E-state index contributed by atoms with van der Waals surface area (Å²) >= 11 is 3.64. The third kappa shape index (κ3) is 6.84. The largest absolute Gasteiger partial charge is 0.491 e. The number of halogens is 4. The number of nitrogens with zero attached hydrogens (tertiary/aromatic N) is 5. The molecule has 0 unspecified atom stereocenters. The number of carbonyl (C=O) groups is 3. The minimum absolute atomic E-state index is 0.0501. The van der Waals surface area contributed by atoms with E-state index in [1.807, 2.05) is 31.2 Å². The summed E-state index contributed by atoms with van der Waals surface area (Å²) in [6, 6.07) is 12.5. The molecule has 5 rings (SSSR count). The number of benzene rings is 2. The van der Waals surface area contributed by atoms with Crippen LogP contribution in [0.1, 0.15) is 41.6 Å². The van der Waals surface area contributed by atoms with Crippen molar-refractivity contribution >= 4 is 50.4 Å². The second kappa shape index (κ2) is 13.6. The van der Waals surface area contributed by atoms with Crippen molar-refractivity contribution in [3.63, 3.8) is 0 Å². The van der Waals surface area contributed by atoms with Crippen molar-refractivity contribution in [3.05, 3.63) is 64.0 Å². The summed E-state index contributed by atoms with van der Waals surface area (Å²) < 4.78 is 51.4. The SMILES string of the molecule is CCCCc1nc(NCC(=O)CN)c(C(=O)OC(=O)C(F)(F)F)n1Cc1ccc2oc(-c3ccccc3-c3nn[nH]n3)c(Br)c2c1. The van der Waals surface area contributed by atoms with Crippen molar-refractivity contribution in [2.75, 3.05) is 18.4 Å². The molecule has 0 aliphatic heterocycles. The first-order valence-electron chi connectivity index (χ1n) is 13.9. The van der Waals surface area contributed by atoms with Crippen molar-refractivity contribution in [2.45, 2.75) is 38.9 Å². The first-order valence-corrected chi connectivity index (χ1v) is 14.7. The van der Waals surface area contributed by atoms with Gasteiger partial charge in [-0.2, -0.15) is 18.4 Å². The summed E-state index contributed by atoms with van der Waals surface area (Å²) in [5.41, 5.74) is 7.42. The van der Waals surface area contributed by atoms with Gasteiger partial charge >= 0.3 is 18.1 Å². The van der Waals surface area contributed by atoms with Crippen LogP contribution in [-0.2, 0) is 27.3 Å². The van der Waals surface area contributed by atoms with Crippen LogP contribution >= 0.6 is 15.9 Å². The number of aryl methyl sites for hydroxylation is 1. The molecular formula is C29H26BrF3N8O5. The van der Waals surface area contributed by atoms with Gasteiger partial charge in [0.25, 0.3) is 0 Å². The lowest BCUT2D eigenvalue weighted by Crippen LogP contribution is -2.30. The molecule has 0 saturated carbocycles. The standard InChI is InChI=1S/C29H26BrF3N8O5/c1-2-3-8-21-36-26(35-13-16(42)12-34)23(27(43)46-28(44)29(31,32)33)41(21)14-15-9-10-20-19(11-15)22(30)24(45-20)17-6-4-5-7-18(17)25-37-39-40-38-25/h4-7,9-11,35H,2-3,8,12-14,34H2,1H3,(H,37,38,39,40). The summed E-state index contributed by atoms with van der Waals surface area (Å²) in [7, 11) is 0. The molecule has 0 aliphatic carbocycles. The van der Waals surface area contributed by atoms with Crippen LogP contribution in [-0.4, -0.2) is 67.2 Å². The number of ether oxygens (including phenoxy) is 1. The summed E-state index contributed by atoms with van der Waals surface area (Å²) in [5.74, 6) is -3.72. The number of esters is 2. The quantitative estimate of drug-likeness (QED) is 0.120. The molecule has 240 valence electrons. The van der Waals surface area contributed by atoms with E-state index in [0.29, 0.717) is 62.4 Å². The zero-order chi connectivity index (χ0) is 33.0. The van der Waals surface area contributed by atoms with Crippen LogP contribution in [0.3, 0.4) is 0 Å². The number of unbranched alkanes of at least 4 members (excludes halogenated alkanes) is 1. The number of anilines is 1. The van der Waals surface area contributed by atoms with Crippen molar-refractivity contribution < 1.29 is 36.7 Å². The Morgan fingerprint density at radius 2 is 1.91 bits per heavy atom. The first kappa shape index (κ1) is 32.5. The van der Waals surface area contributed by atoms with E-state index in [4.69, 9.17) is 10.2 Å². The fourth-order valence-corrected chi connectivity index (χ4v) is 5.30. The normalized spacial score (nSPS) is 11.6. The highest BCUT2D eigenvalue weighted by molar-refractivity contribution is 9.10. The van der Waals surface area contributed by atoms with Gasteiger partial charge in [0.05, 0.1) is 17.6 Å². The number of Topliss-reactive ketones (excluding diaryl/α,β-unsaturated/α-hetero) is 1. The van der Waals surface area contributed by atoms with Gasteiger partial charge in [-0.3, -0.25) is 4.79 Å². The van der Waals surface area contributed by atoms with Crippen LogP contribution in [0.2, 0.25) is 0 Å². The van der Waals surface area contributed by atoms with Crippen LogP contribution in [0.25, 0.3) is 33.7 Å². The average molecular weight is 703 g/mol. The van der Waals surface area contributed by atoms with E-state index in [9.17, 15) is 27.6 Å². The molecule has 13 nitrogen and oxygen atoms in total. The Hall–Kier alpha value is -4.90. The third-order valence-electron chi connectivity index (χ3n) is 6.88. The number of carbonyl (C=O) groups excluding carboxylic acids is 3. The lowest BCUT2D eigenvalue weighted by atomic mass is 10.0. The van der Waals surface area contributed by atoms with Gasteiger partial charge in [0, 0.05) is 29.5 Å². The molecule has 0 aliphatic rings. The smallest absolute Gasteiger partial charge is 0.455 e. The Morgan fingerprint density at radius 1 is 1.15 bits per heavy atom.